The Labute approximate surface area is 150 Å². The van der Waals surface area contributed by atoms with Gasteiger partial charge in [0, 0.05) is 5.92 Å². The molecule has 0 spiro atoms. The molecule has 1 aliphatic heterocycles. The molecule has 3 nitrogen and oxygen atoms in total. The highest BCUT2D eigenvalue weighted by molar-refractivity contribution is 7.16. The number of nitrogens with zero attached hydrogens (tertiary/aromatic N) is 1. The van der Waals surface area contributed by atoms with Crippen molar-refractivity contribution in [1.82, 2.24) is 4.98 Å². The third-order valence-corrected chi connectivity index (χ3v) is 5.58. The lowest BCUT2D eigenvalue weighted by molar-refractivity contribution is -0.0413. The summed E-state index contributed by atoms with van der Waals surface area (Å²) >= 11 is 14.1. The summed E-state index contributed by atoms with van der Waals surface area (Å²) in [5.41, 5.74) is 3.28. The molecular weight excluding hydrogens is 353 g/mol. The molecule has 2 aromatic rings. The van der Waals surface area contributed by atoms with Gasteiger partial charge in [0.2, 0.25) is 0 Å². The zero-order valence-corrected chi connectivity index (χ0v) is 15.5. The smallest absolute Gasteiger partial charge is 0.193 e. The molecule has 0 N–H and O–H groups in total. The van der Waals surface area contributed by atoms with Crippen LogP contribution in [-0.2, 0) is 15.9 Å². The first kappa shape index (κ1) is 17.2. The summed E-state index contributed by atoms with van der Waals surface area (Å²) in [6.07, 6.45) is 1.75. The Morgan fingerprint density at radius 2 is 2.04 bits per heavy atom. The highest BCUT2D eigenvalue weighted by Gasteiger charge is 2.25. The molecule has 0 radical (unpaired) electrons. The van der Waals surface area contributed by atoms with E-state index in [0.29, 0.717) is 18.4 Å². The van der Waals surface area contributed by atoms with Crippen LogP contribution in [0.1, 0.15) is 54.2 Å². The van der Waals surface area contributed by atoms with Crippen molar-refractivity contribution in [2.45, 2.75) is 38.9 Å². The molecule has 0 bridgehead atoms. The van der Waals surface area contributed by atoms with Gasteiger partial charge in [0.25, 0.3) is 0 Å². The van der Waals surface area contributed by atoms with Gasteiger partial charge in [0.15, 0.2) is 6.29 Å². The average Bonchev–Trinajstić information content (AvgIpc) is 3.18. The fourth-order valence-electron chi connectivity index (χ4n) is 2.82. The van der Waals surface area contributed by atoms with Crippen LogP contribution in [-0.4, -0.2) is 18.2 Å². The van der Waals surface area contributed by atoms with Gasteiger partial charge < -0.3 is 9.47 Å². The molecule has 124 valence electrons. The van der Waals surface area contributed by atoms with Crippen molar-refractivity contribution in [2.75, 3.05) is 13.2 Å². The first-order valence-corrected chi connectivity index (χ1v) is 9.35. The van der Waals surface area contributed by atoms with Crippen LogP contribution in [0.5, 0.6) is 0 Å². The van der Waals surface area contributed by atoms with Crippen molar-refractivity contribution in [2.24, 2.45) is 0 Å². The largest absolute Gasteiger partial charge is 0.345 e. The minimum atomic E-state index is -0.291. The number of ether oxygens (including phenoxy) is 2. The molecule has 0 saturated carbocycles. The zero-order chi connectivity index (χ0) is 16.4. The van der Waals surface area contributed by atoms with Crippen LogP contribution in [0.25, 0.3) is 0 Å². The van der Waals surface area contributed by atoms with E-state index in [-0.39, 0.29) is 12.2 Å². The van der Waals surface area contributed by atoms with E-state index < -0.39 is 0 Å². The fourth-order valence-corrected chi connectivity index (χ4v) is 4.44. The molecule has 1 atom stereocenters. The van der Waals surface area contributed by atoms with Crippen molar-refractivity contribution in [3.8, 4) is 0 Å². The Morgan fingerprint density at radius 1 is 1.30 bits per heavy atom. The number of hydrogen-bond donors (Lipinski definition) is 0. The number of rotatable bonds is 5. The number of pyridine rings is 1. The van der Waals surface area contributed by atoms with Gasteiger partial charge in [-0.2, -0.15) is 0 Å². The molecule has 3 heterocycles. The standard InChI is InChI=1S/C17H19Cl2NO2S/c1-3-4-11-5-6-14(18)20-15(11)10(2)12-9-13(23-16(12)19)17-21-7-8-22-17/h5-6,9-10,17H,3-4,7-8H2,1-2H3. The van der Waals surface area contributed by atoms with Crippen molar-refractivity contribution in [3.05, 3.63) is 49.4 Å². The summed E-state index contributed by atoms with van der Waals surface area (Å²) in [5.74, 6) is 0.0779. The van der Waals surface area contributed by atoms with Crippen LogP contribution in [0.3, 0.4) is 0 Å². The molecule has 1 aliphatic rings. The molecule has 1 saturated heterocycles. The van der Waals surface area contributed by atoms with E-state index in [9.17, 15) is 0 Å². The Balaban J connectivity index is 1.93. The maximum absolute atomic E-state index is 6.48. The molecule has 0 aliphatic carbocycles. The average molecular weight is 372 g/mol. The SMILES string of the molecule is CCCc1ccc(Cl)nc1C(C)c1cc(C2OCCO2)sc1Cl. The maximum atomic E-state index is 6.48. The molecule has 3 rings (SSSR count). The second kappa shape index (κ2) is 7.49. The van der Waals surface area contributed by atoms with Crippen LogP contribution >= 0.6 is 34.5 Å². The number of halogens is 2. The Morgan fingerprint density at radius 3 is 2.74 bits per heavy atom. The molecule has 2 aromatic heterocycles. The molecule has 1 unspecified atom stereocenters. The van der Waals surface area contributed by atoms with Crippen molar-refractivity contribution in [3.63, 3.8) is 0 Å². The quantitative estimate of drug-likeness (QED) is 0.640. The van der Waals surface area contributed by atoms with Crippen LogP contribution in [0, 0.1) is 0 Å². The molecular formula is C17H19Cl2NO2S. The molecule has 1 fully saturated rings. The van der Waals surface area contributed by atoms with Crippen molar-refractivity contribution >= 4 is 34.5 Å². The predicted molar refractivity (Wildman–Crippen MR) is 94.7 cm³/mol. The second-order valence-corrected chi connectivity index (χ2v) is 7.67. The number of hydrogen-bond acceptors (Lipinski definition) is 4. The number of thiophene rings is 1. The maximum Gasteiger partial charge on any atom is 0.193 e. The topological polar surface area (TPSA) is 31.4 Å². The highest BCUT2D eigenvalue weighted by Crippen LogP contribution is 2.41. The molecule has 6 heteroatoms. The van der Waals surface area contributed by atoms with E-state index in [2.05, 4.69) is 31.0 Å². The Bertz CT molecular complexity index is 683. The first-order chi connectivity index (χ1) is 11.1. The highest BCUT2D eigenvalue weighted by atomic mass is 35.5. The van der Waals surface area contributed by atoms with Crippen LogP contribution in [0.4, 0.5) is 0 Å². The van der Waals surface area contributed by atoms with E-state index in [0.717, 1.165) is 33.3 Å². The minimum Gasteiger partial charge on any atom is -0.345 e. The van der Waals surface area contributed by atoms with E-state index in [1.807, 2.05) is 6.07 Å². The Kier molecular flexibility index (Phi) is 5.60. The van der Waals surface area contributed by atoms with E-state index in [4.69, 9.17) is 32.7 Å². The third kappa shape index (κ3) is 3.72. The number of aryl methyl sites for hydroxylation is 1. The van der Waals surface area contributed by atoms with E-state index >= 15 is 0 Å². The van der Waals surface area contributed by atoms with Gasteiger partial charge >= 0.3 is 0 Å². The monoisotopic (exact) mass is 371 g/mol. The Hall–Kier alpha value is -0.650. The molecule has 0 aromatic carbocycles. The lowest BCUT2D eigenvalue weighted by Crippen LogP contribution is -2.04. The summed E-state index contributed by atoms with van der Waals surface area (Å²) in [4.78, 5) is 5.57. The summed E-state index contributed by atoms with van der Waals surface area (Å²) in [7, 11) is 0. The van der Waals surface area contributed by atoms with Gasteiger partial charge in [-0.15, -0.1) is 11.3 Å². The van der Waals surface area contributed by atoms with Gasteiger partial charge in [-0.1, -0.05) is 49.5 Å². The summed E-state index contributed by atoms with van der Waals surface area (Å²) < 4.78 is 11.9. The zero-order valence-electron chi connectivity index (χ0n) is 13.1. The van der Waals surface area contributed by atoms with Crippen LogP contribution < -0.4 is 0 Å². The molecule has 23 heavy (non-hydrogen) atoms. The van der Waals surface area contributed by atoms with Crippen LogP contribution in [0.15, 0.2) is 18.2 Å². The predicted octanol–water partition coefficient (Wildman–Crippen LogP) is 5.60. The van der Waals surface area contributed by atoms with Gasteiger partial charge in [0.1, 0.15) is 5.15 Å². The van der Waals surface area contributed by atoms with E-state index in [1.165, 1.54) is 16.9 Å². The summed E-state index contributed by atoms with van der Waals surface area (Å²) in [6, 6.07) is 5.99. The normalized spacial score (nSPS) is 16.9. The lowest BCUT2D eigenvalue weighted by Gasteiger charge is -2.15. The molecule has 0 amide bonds. The van der Waals surface area contributed by atoms with E-state index in [1.54, 1.807) is 0 Å². The number of aromatic nitrogens is 1. The fraction of sp³-hybridized carbons (Fsp3) is 0.471. The van der Waals surface area contributed by atoms with Gasteiger partial charge in [-0.25, -0.2) is 4.98 Å². The summed E-state index contributed by atoms with van der Waals surface area (Å²) in [6.45, 7) is 5.53. The van der Waals surface area contributed by atoms with Gasteiger partial charge in [-0.05, 0) is 29.7 Å². The summed E-state index contributed by atoms with van der Waals surface area (Å²) in [5, 5.41) is 0.515. The van der Waals surface area contributed by atoms with Crippen LogP contribution in [0.2, 0.25) is 9.49 Å². The third-order valence-electron chi connectivity index (χ3n) is 3.96. The van der Waals surface area contributed by atoms with Gasteiger partial charge in [-0.3, -0.25) is 0 Å². The minimum absolute atomic E-state index is 0.0779. The second-order valence-electron chi connectivity index (χ2n) is 5.60. The first-order valence-electron chi connectivity index (χ1n) is 7.77. The van der Waals surface area contributed by atoms with Gasteiger partial charge in [0.05, 0.1) is 28.1 Å². The lowest BCUT2D eigenvalue weighted by atomic mass is 9.94. The van der Waals surface area contributed by atoms with Crippen molar-refractivity contribution < 1.29 is 9.47 Å². The van der Waals surface area contributed by atoms with Crippen molar-refractivity contribution in [1.29, 1.82) is 0 Å².